The van der Waals surface area contributed by atoms with Crippen molar-refractivity contribution in [2.75, 3.05) is 44.2 Å². The van der Waals surface area contributed by atoms with Crippen LogP contribution in [0.15, 0.2) is 16.4 Å². The van der Waals surface area contributed by atoms with Crippen LogP contribution in [0.2, 0.25) is 0 Å². The number of rotatable bonds is 6. The first kappa shape index (κ1) is 21.7. The molecule has 1 aromatic rings. The molecule has 1 saturated heterocycles. The molecule has 9 heteroatoms. The number of guanidine groups is 1. The zero-order chi connectivity index (χ0) is 16.7. The molecule has 1 aliphatic heterocycles. The molecular weight excluding hydrogens is 459 g/mol. The summed E-state index contributed by atoms with van der Waals surface area (Å²) in [5.74, 6) is 1.36. The average molecular weight is 486 g/mol. The maximum Gasteiger partial charge on any atom is 0.191 e. The first-order chi connectivity index (χ1) is 11.0. The molecule has 0 bridgehead atoms. The molecule has 0 saturated carbocycles. The zero-order valence-corrected chi connectivity index (χ0v) is 18.2. The Kier molecular flexibility index (Phi) is 9.53. The van der Waals surface area contributed by atoms with Gasteiger partial charge in [-0.2, -0.15) is 0 Å². The topological polar surface area (TPSA) is 73.8 Å². The lowest BCUT2D eigenvalue weighted by Gasteiger charge is -2.26. The van der Waals surface area contributed by atoms with E-state index in [0.717, 1.165) is 25.6 Å². The summed E-state index contributed by atoms with van der Waals surface area (Å²) < 4.78 is 22.8. The molecule has 1 aliphatic rings. The Balaban J connectivity index is 0.00000288. The highest BCUT2D eigenvalue weighted by Gasteiger charge is 2.20. The lowest BCUT2D eigenvalue weighted by Crippen LogP contribution is -2.45. The Hall–Kier alpha value is -0.390. The van der Waals surface area contributed by atoms with Crippen LogP contribution in [-0.2, 0) is 16.4 Å². The van der Waals surface area contributed by atoms with E-state index in [9.17, 15) is 8.42 Å². The third-order valence-corrected chi connectivity index (χ3v) is 6.47. The molecule has 0 radical (unpaired) electrons. The van der Waals surface area contributed by atoms with Crippen molar-refractivity contribution in [2.45, 2.75) is 20.4 Å². The van der Waals surface area contributed by atoms with Gasteiger partial charge in [0, 0.05) is 37.6 Å². The van der Waals surface area contributed by atoms with Crippen LogP contribution < -0.4 is 10.6 Å². The second-order valence-corrected chi connectivity index (χ2v) is 8.95. The van der Waals surface area contributed by atoms with E-state index in [-0.39, 0.29) is 35.5 Å². The third-order valence-electron chi connectivity index (χ3n) is 3.85. The Labute approximate surface area is 166 Å². The maximum absolute atomic E-state index is 11.4. The van der Waals surface area contributed by atoms with Crippen molar-refractivity contribution in [1.29, 1.82) is 0 Å². The Morgan fingerprint density at radius 3 is 2.62 bits per heavy atom. The van der Waals surface area contributed by atoms with Gasteiger partial charge in [-0.3, -0.25) is 4.90 Å². The molecule has 0 aliphatic carbocycles. The normalized spacial score (nSPS) is 18.0. The highest BCUT2D eigenvalue weighted by atomic mass is 127. The molecule has 2 rings (SSSR count). The Morgan fingerprint density at radius 1 is 1.33 bits per heavy atom. The van der Waals surface area contributed by atoms with E-state index < -0.39 is 9.84 Å². The highest BCUT2D eigenvalue weighted by Crippen LogP contribution is 2.16. The van der Waals surface area contributed by atoms with E-state index in [4.69, 9.17) is 0 Å². The number of thiophene rings is 1. The number of hydrogen-bond acceptors (Lipinski definition) is 5. The van der Waals surface area contributed by atoms with E-state index in [2.05, 4.69) is 38.9 Å². The maximum atomic E-state index is 11.4. The van der Waals surface area contributed by atoms with Gasteiger partial charge in [-0.25, -0.2) is 13.4 Å². The quantitative estimate of drug-likeness (QED) is 0.362. The van der Waals surface area contributed by atoms with Gasteiger partial charge in [-0.05, 0) is 30.9 Å². The van der Waals surface area contributed by atoms with Crippen molar-refractivity contribution in [2.24, 2.45) is 4.99 Å². The second kappa shape index (κ2) is 10.6. The monoisotopic (exact) mass is 486 g/mol. The Morgan fingerprint density at radius 2 is 2.04 bits per heavy atom. The molecule has 2 heterocycles. The van der Waals surface area contributed by atoms with Crippen LogP contribution in [-0.4, -0.2) is 63.5 Å². The van der Waals surface area contributed by atoms with E-state index >= 15 is 0 Å². The fraction of sp³-hybridized carbons (Fsp3) is 0.667. The average Bonchev–Trinajstić information content (AvgIpc) is 2.92. The molecule has 0 unspecified atom stereocenters. The number of halogens is 1. The van der Waals surface area contributed by atoms with Crippen LogP contribution in [0.4, 0.5) is 0 Å². The molecule has 24 heavy (non-hydrogen) atoms. The van der Waals surface area contributed by atoms with Crippen molar-refractivity contribution in [3.63, 3.8) is 0 Å². The largest absolute Gasteiger partial charge is 0.357 e. The van der Waals surface area contributed by atoms with Gasteiger partial charge in [0.2, 0.25) is 0 Å². The minimum Gasteiger partial charge on any atom is -0.357 e. The van der Waals surface area contributed by atoms with Gasteiger partial charge in [0.25, 0.3) is 0 Å². The molecule has 1 aromatic heterocycles. The van der Waals surface area contributed by atoms with Gasteiger partial charge in [-0.15, -0.1) is 35.3 Å². The van der Waals surface area contributed by atoms with E-state index in [1.54, 1.807) is 11.3 Å². The lowest BCUT2D eigenvalue weighted by molar-refractivity contribution is 0.299. The van der Waals surface area contributed by atoms with E-state index in [1.807, 2.05) is 6.92 Å². The van der Waals surface area contributed by atoms with Gasteiger partial charge in [0.05, 0.1) is 18.1 Å². The minimum atomic E-state index is -2.80. The molecular formula is C15H27IN4O2S2. The fourth-order valence-corrected chi connectivity index (χ4v) is 4.47. The third kappa shape index (κ3) is 7.24. The number of hydrogen-bond donors (Lipinski definition) is 2. The zero-order valence-electron chi connectivity index (χ0n) is 14.2. The number of nitrogens with zero attached hydrogens (tertiary/aromatic N) is 2. The summed E-state index contributed by atoms with van der Waals surface area (Å²) in [5, 5.41) is 8.66. The van der Waals surface area contributed by atoms with Gasteiger partial charge >= 0.3 is 0 Å². The van der Waals surface area contributed by atoms with Crippen LogP contribution in [0.1, 0.15) is 17.4 Å². The van der Waals surface area contributed by atoms with Gasteiger partial charge in [-0.1, -0.05) is 0 Å². The van der Waals surface area contributed by atoms with Crippen molar-refractivity contribution < 1.29 is 8.42 Å². The first-order valence-electron chi connectivity index (χ1n) is 7.98. The van der Waals surface area contributed by atoms with Crippen molar-refractivity contribution in [3.05, 3.63) is 21.9 Å². The molecule has 0 aromatic carbocycles. The number of aliphatic imine (C=N–C) groups is 1. The summed E-state index contributed by atoms with van der Waals surface area (Å²) in [6.07, 6.45) is 0. The number of sulfone groups is 1. The van der Waals surface area contributed by atoms with Crippen LogP contribution in [0.25, 0.3) is 0 Å². The van der Waals surface area contributed by atoms with Crippen LogP contribution in [0.3, 0.4) is 0 Å². The lowest BCUT2D eigenvalue weighted by atomic mass is 10.3. The highest BCUT2D eigenvalue weighted by molar-refractivity contribution is 14.0. The van der Waals surface area contributed by atoms with Crippen molar-refractivity contribution in [3.8, 4) is 0 Å². The van der Waals surface area contributed by atoms with E-state index in [0.29, 0.717) is 19.6 Å². The molecule has 0 amide bonds. The summed E-state index contributed by atoms with van der Waals surface area (Å²) >= 11 is 1.73. The molecule has 1 fully saturated rings. The fourth-order valence-electron chi connectivity index (χ4n) is 2.36. The van der Waals surface area contributed by atoms with Crippen LogP contribution in [0, 0.1) is 6.92 Å². The molecule has 0 atom stereocenters. The molecule has 6 nitrogen and oxygen atoms in total. The molecule has 0 spiro atoms. The first-order valence-corrected chi connectivity index (χ1v) is 10.7. The smallest absolute Gasteiger partial charge is 0.191 e. The van der Waals surface area contributed by atoms with Crippen molar-refractivity contribution in [1.82, 2.24) is 15.5 Å². The summed E-state index contributed by atoms with van der Waals surface area (Å²) in [6.45, 7) is 8.50. The van der Waals surface area contributed by atoms with Gasteiger partial charge in [0.1, 0.15) is 0 Å². The molecule has 138 valence electrons. The summed E-state index contributed by atoms with van der Waals surface area (Å²) in [4.78, 5) is 8.08. The Bertz CT molecular complexity index is 617. The number of nitrogens with one attached hydrogen (secondary N) is 2. The second-order valence-electron chi connectivity index (χ2n) is 5.64. The minimum absolute atomic E-state index is 0. The van der Waals surface area contributed by atoms with Gasteiger partial charge < -0.3 is 10.6 Å². The summed E-state index contributed by atoms with van der Waals surface area (Å²) in [6, 6.07) is 2.11. The van der Waals surface area contributed by atoms with Crippen LogP contribution >= 0.6 is 35.3 Å². The standard InChI is InChI=1S/C15H26N4O2S2.HI/c1-3-16-15(18-12-14-13(2)4-9-22-14)17-5-6-19-7-10-23(20,21)11-8-19;/h4,9H,3,5-8,10-12H2,1-2H3,(H2,16,17,18);1H. The SMILES string of the molecule is CCNC(=NCc1sccc1C)NCCN1CCS(=O)(=O)CC1.I. The number of aryl methyl sites for hydroxylation is 1. The van der Waals surface area contributed by atoms with Crippen LogP contribution in [0.5, 0.6) is 0 Å². The summed E-state index contributed by atoms with van der Waals surface area (Å²) in [5.41, 5.74) is 1.28. The van der Waals surface area contributed by atoms with Gasteiger partial charge in [0.15, 0.2) is 15.8 Å². The molecule has 2 N–H and O–H groups in total. The predicted molar refractivity (Wildman–Crippen MR) is 112 cm³/mol. The van der Waals surface area contributed by atoms with Crippen molar-refractivity contribution >= 4 is 51.1 Å². The predicted octanol–water partition coefficient (Wildman–Crippen LogP) is 1.46. The summed E-state index contributed by atoms with van der Waals surface area (Å²) in [7, 11) is -2.80. The van der Waals surface area contributed by atoms with E-state index in [1.165, 1.54) is 10.4 Å².